The van der Waals surface area contributed by atoms with Crippen LogP contribution in [0.15, 0.2) is 48.5 Å². The molecule has 0 bridgehead atoms. The maximum absolute atomic E-state index is 4.65. The molecule has 1 heterocycles. The topological polar surface area (TPSA) is 30.7 Å². The highest BCUT2D eigenvalue weighted by molar-refractivity contribution is 5.61. The normalized spacial score (nSPS) is 12.7. The number of nitrogens with zero attached hydrogens (tertiary/aromatic N) is 3. The van der Waals surface area contributed by atoms with Crippen LogP contribution in [0.2, 0.25) is 0 Å². The summed E-state index contributed by atoms with van der Waals surface area (Å²) in [4.78, 5) is 0. The molecule has 3 nitrogen and oxygen atoms in total. The second-order valence-corrected chi connectivity index (χ2v) is 8.02. The van der Waals surface area contributed by atoms with Crippen LogP contribution in [0.5, 0.6) is 0 Å². The van der Waals surface area contributed by atoms with Gasteiger partial charge in [0.15, 0.2) is 5.82 Å². The van der Waals surface area contributed by atoms with Gasteiger partial charge in [0.1, 0.15) is 5.82 Å². The number of benzene rings is 2. The molecule has 0 spiro atoms. The van der Waals surface area contributed by atoms with Gasteiger partial charge in [-0.3, -0.25) is 4.57 Å². The summed E-state index contributed by atoms with van der Waals surface area (Å²) < 4.78 is 2.28. The van der Waals surface area contributed by atoms with E-state index in [4.69, 9.17) is 0 Å². The summed E-state index contributed by atoms with van der Waals surface area (Å²) in [6, 6.07) is 17.3. The van der Waals surface area contributed by atoms with Crippen molar-refractivity contribution in [1.29, 1.82) is 0 Å². The van der Waals surface area contributed by atoms with Crippen LogP contribution in [0, 0.1) is 0 Å². The third kappa shape index (κ3) is 3.83. The van der Waals surface area contributed by atoms with E-state index in [2.05, 4.69) is 105 Å². The fraction of sp³-hybridized carbons (Fsp3) is 0.417. The molecule has 0 aliphatic rings. The molecule has 0 radical (unpaired) electrons. The van der Waals surface area contributed by atoms with E-state index in [1.807, 2.05) is 0 Å². The lowest BCUT2D eigenvalue weighted by Gasteiger charge is -2.19. The predicted molar refractivity (Wildman–Crippen MR) is 114 cm³/mol. The molecule has 3 heteroatoms. The Bertz CT molecular complexity index is 905. The Kier molecular flexibility index (Phi) is 5.79. The zero-order chi connectivity index (χ0) is 19.6. The van der Waals surface area contributed by atoms with Crippen molar-refractivity contribution in [3.05, 3.63) is 65.5 Å². The molecule has 0 amide bonds. The van der Waals surface area contributed by atoms with Crippen LogP contribution in [0.1, 0.15) is 82.7 Å². The molecule has 0 fully saturated rings. The number of aromatic nitrogens is 3. The highest BCUT2D eigenvalue weighted by Gasteiger charge is 2.22. The summed E-state index contributed by atoms with van der Waals surface area (Å²) in [6.07, 6.45) is 1.04. The molecular formula is C24H31N3. The molecule has 0 aliphatic carbocycles. The average Bonchev–Trinajstić information content (AvgIpc) is 3.12. The Balaban J connectivity index is 2.26. The molecule has 1 unspecified atom stereocenters. The van der Waals surface area contributed by atoms with E-state index in [1.165, 1.54) is 16.8 Å². The third-order valence-corrected chi connectivity index (χ3v) is 5.35. The minimum absolute atomic E-state index is 0.347. The zero-order valence-corrected chi connectivity index (χ0v) is 17.4. The molecule has 0 aliphatic heterocycles. The van der Waals surface area contributed by atoms with Crippen molar-refractivity contribution in [2.24, 2.45) is 0 Å². The number of hydrogen-bond acceptors (Lipinski definition) is 2. The molecule has 142 valence electrons. The van der Waals surface area contributed by atoms with E-state index in [1.54, 1.807) is 0 Å². The Labute approximate surface area is 163 Å². The lowest BCUT2D eigenvalue weighted by atomic mass is 9.99. The summed E-state index contributed by atoms with van der Waals surface area (Å²) in [6.45, 7) is 13.4. The van der Waals surface area contributed by atoms with Crippen molar-refractivity contribution in [3.63, 3.8) is 0 Å². The minimum Gasteiger partial charge on any atom is -0.278 e. The van der Waals surface area contributed by atoms with Crippen molar-refractivity contribution in [1.82, 2.24) is 14.8 Å². The summed E-state index contributed by atoms with van der Waals surface area (Å²) in [5.74, 6) is 3.23. The summed E-state index contributed by atoms with van der Waals surface area (Å²) >= 11 is 0. The van der Waals surface area contributed by atoms with Gasteiger partial charge in [-0.1, -0.05) is 77.9 Å². The molecule has 2 aromatic carbocycles. The molecule has 3 rings (SSSR count). The van der Waals surface area contributed by atoms with E-state index in [0.29, 0.717) is 17.8 Å². The number of para-hydroxylation sites is 1. The van der Waals surface area contributed by atoms with Gasteiger partial charge in [0.25, 0.3) is 0 Å². The lowest BCUT2D eigenvalue weighted by Crippen LogP contribution is -2.09. The summed E-state index contributed by atoms with van der Waals surface area (Å²) in [5.41, 5.74) is 4.96. The van der Waals surface area contributed by atoms with Crippen LogP contribution in [0.3, 0.4) is 0 Å². The van der Waals surface area contributed by atoms with Crippen LogP contribution in [-0.4, -0.2) is 14.8 Å². The molecule has 27 heavy (non-hydrogen) atoms. The van der Waals surface area contributed by atoms with Gasteiger partial charge in [-0.25, -0.2) is 0 Å². The number of rotatable bonds is 6. The van der Waals surface area contributed by atoms with E-state index in [9.17, 15) is 0 Å². The van der Waals surface area contributed by atoms with Crippen LogP contribution < -0.4 is 0 Å². The average molecular weight is 362 g/mol. The first-order valence-corrected chi connectivity index (χ1v) is 10.1. The zero-order valence-electron chi connectivity index (χ0n) is 17.4. The SMILES string of the molecule is CCC(C)c1nnc(-c2cccc(C(C)C)c2)n1-c1ccccc1C(C)C. The van der Waals surface area contributed by atoms with E-state index in [0.717, 1.165) is 23.6 Å². The van der Waals surface area contributed by atoms with Crippen molar-refractivity contribution in [2.75, 3.05) is 0 Å². The second-order valence-electron chi connectivity index (χ2n) is 8.02. The lowest BCUT2D eigenvalue weighted by molar-refractivity contribution is 0.659. The first-order chi connectivity index (χ1) is 12.9. The van der Waals surface area contributed by atoms with Crippen LogP contribution in [0.4, 0.5) is 0 Å². The summed E-state index contributed by atoms with van der Waals surface area (Å²) in [5, 5.41) is 9.27. The highest BCUT2D eigenvalue weighted by Crippen LogP contribution is 2.32. The van der Waals surface area contributed by atoms with Gasteiger partial charge in [-0.15, -0.1) is 10.2 Å². The van der Waals surface area contributed by atoms with E-state index < -0.39 is 0 Å². The van der Waals surface area contributed by atoms with E-state index >= 15 is 0 Å². The Morgan fingerprint density at radius 3 is 2.26 bits per heavy atom. The molecule has 3 aromatic rings. The standard InChI is InChI=1S/C24H31N3/c1-7-18(6)23-25-26-24(20-12-10-11-19(15-20)16(2)3)27(23)22-14-9-8-13-21(22)17(4)5/h8-18H,7H2,1-6H3. The molecule has 0 saturated carbocycles. The molecule has 0 N–H and O–H groups in total. The predicted octanol–water partition coefficient (Wildman–Crippen LogP) is 6.69. The minimum atomic E-state index is 0.347. The molecule has 1 aromatic heterocycles. The smallest absolute Gasteiger partial charge is 0.168 e. The van der Waals surface area contributed by atoms with Crippen molar-refractivity contribution < 1.29 is 0 Å². The Morgan fingerprint density at radius 1 is 0.852 bits per heavy atom. The molecule has 0 saturated heterocycles. The summed E-state index contributed by atoms with van der Waals surface area (Å²) in [7, 11) is 0. The van der Waals surface area contributed by atoms with Gasteiger partial charge in [0.05, 0.1) is 5.69 Å². The fourth-order valence-corrected chi connectivity index (χ4v) is 3.44. The van der Waals surface area contributed by atoms with Crippen LogP contribution in [0.25, 0.3) is 17.1 Å². The van der Waals surface area contributed by atoms with Crippen molar-refractivity contribution in [2.45, 2.75) is 65.7 Å². The first kappa shape index (κ1) is 19.3. The maximum atomic E-state index is 4.65. The van der Waals surface area contributed by atoms with Crippen molar-refractivity contribution >= 4 is 0 Å². The monoisotopic (exact) mass is 361 g/mol. The first-order valence-electron chi connectivity index (χ1n) is 10.1. The van der Waals surface area contributed by atoms with Crippen LogP contribution in [-0.2, 0) is 0 Å². The second kappa shape index (κ2) is 8.08. The largest absolute Gasteiger partial charge is 0.278 e. The molecule has 1 atom stereocenters. The van der Waals surface area contributed by atoms with Gasteiger partial charge in [0, 0.05) is 11.5 Å². The maximum Gasteiger partial charge on any atom is 0.168 e. The van der Waals surface area contributed by atoms with Gasteiger partial charge in [0.2, 0.25) is 0 Å². The quantitative estimate of drug-likeness (QED) is 0.489. The van der Waals surface area contributed by atoms with Gasteiger partial charge in [-0.2, -0.15) is 0 Å². The van der Waals surface area contributed by atoms with Crippen LogP contribution >= 0.6 is 0 Å². The van der Waals surface area contributed by atoms with Crippen molar-refractivity contribution in [3.8, 4) is 17.1 Å². The highest BCUT2D eigenvalue weighted by atomic mass is 15.3. The Hall–Kier alpha value is -2.42. The van der Waals surface area contributed by atoms with Gasteiger partial charge >= 0.3 is 0 Å². The fourth-order valence-electron chi connectivity index (χ4n) is 3.44. The van der Waals surface area contributed by atoms with E-state index in [-0.39, 0.29) is 0 Å². The number of hydrogen-bond donors (Lipinski definition) is 0. The van der Waals surface area contributed by atoms with Gasteiger partial charge < -0.3 is 0 Å². The molecular weight excluding hydrogens is 330 g/mol. The third-order valence-electron chi connectivity index (χ3n) is 5.35. The van der Waals surface area contributed by atoms with Gasteiger partial charge in [-0.05, 0) is 41.5 Å². The Morgan fingerprint density at radius 2 is 1.59 bits per heavy atom.